The monoisotopic (exact) mass is 715 g/mol. The number of hydrogen-bond donors (Lipinski definition) is 1. The van der Waals surface area contributed by atoms with Crippen molar-refractivity contribution in [2.75, 3.05) is 20.8 Å². The highest BCUT2D eigenvalue weighted by Gasteiger charge is 2.31. The maximum Gasteiger partial charge on any atom is 0.381 e. The van der Waals surface area contributed by atoms with Gasteiger partial charge >= 0.3 is 6.72 Å². The van der Waals surface area contributed by atoms with Crippen LogP contribution in [-0.4, -0.2) is 48.2 Å². The molecule has 0 fully saturated rings. The number of rotatable bonds is 6. The third-order valence-electron chi connectivity index (χ3n) is 6.68. The summed E-state index contributed by atoms with van der Waals surface area (Å²) >= 11 is 22.3. The van der Waals surface area contributed by atoms with Gasteiger partial charge in [-0.05, 0) is 95.8 Å². The predicted molar refractivity (Wildman–Crippen MR) is 182 cm³/mol. The molecule has 244 valence electrons. The number of hydrazine groups is 1. The lowest BCUT2D eigenvalue weighted by atomic mass is 9.96. The molecule has 0 aliphatic carbocycles. The average molecular weight is 717 g/mol. The van der Waals surface area contributed by atoms with Crippen LogP contribution in [0.15, 0.2) is 36.4 Å². The second-order valence-electron chi connectivity index (χ2n) is 11.2. The third kappa shape index (κ3) is 9.55. The number of hydrogen-bond acceptors (Lipinski definition) is 8. The standard InChI is InChI=1S/C24H30N2O3.C7H7Cl3NO3PS/c1-15-12-16(2)14-18(13-15)23(28)26(24(4,5)6)25-22(27)20-9-10-21-19(17(20)3)8-7-11-29-21;1-12-15(16,13-2)14-7-5(9)3-4(8)6(10)11-7/h9-10,12-14H,7-8,11H2,1-6H3,(H,25,27);3H,1-2H3. The molecule has 1 N–H and O–H groups in total. The van der Waals surface area contributed by atoms with Gasteiger partial charge in [0.2, 0.25) is 5.88 Å². The highest BCUT2D eigenvalue weighted by Crippen LogP contribution is 2.49. The average Bonchev–Trinajstić information content (AvgIpc) is 2.97. The Morgan fingerprint density at radius 2 is 1.62 bits per heavy atom. The Balaban J connectivity index is 0.000000292. The van der Waals surface area contributed by atoms with E-state index in [-0.39, 0.29) is 32.9 Å². The van der Waals surface area contributed by atoms with Crippen LogP contribution in [0.3, 0.4) is 0 Å². The molecule has 4 rings (SSSR count). The minimum Gasteiger partial charge on any atom is -0.493 e. The molecule has 2 heterocycles. The second kappa shape index (κ2) is 15.4. The SMILES string of the molecule is COP(=S)(OC)Oc1nc(Cl)c(Cl)cc1Cl.Cc1cc(C)cc(C(=O)N(NC(=O)c2ccc3c(c2C)CCCO3)C(C)(C)C)c1. The van der Waals surface area contributed by atoms with Crippen LogP contribution in [0.1, 0.15) is 70.2 Å². The number of benzene rings is 2. The van der Waals surface area contributed by atoms with Crippen molar-refractivity contribution in [3.63, 3.8) is 0 Å². The molecule has 1 aliphatic rings. The van der Waals surface area contributed by atoms with Gasteiger partial charge in [-0.25, -0.2) is 5.01 Å². The van der Waals surface area contributed by atoms with E-state index < -0.39 is 12.3 Å². The van der Waals surface area contributed by atoms with Gasteiger partial charge < -0.3 is 18.3 Å². The van der Waals surface area contributed by atoms with Crippen LogP contribution in [0.5, 0.6) is 11.6 Å². The fraction of sp³-hybridized carbons (Fsp3) is 0.387. The zero-order valence-electron chi connectivity index (χ0n) is 26.4. The van der Waals surface area contributed by atoms with E-state index in [2.05, 4.69) is 10.4 Å². The Labute approximate surface area is 284 Å². The van der Waals surface area contributed by atoms with Gasteiger partial charge in [-0.15, -0.1) is 0 Å². The first-order valence-corrected chi connectivity index (χ1v) is 17.6. The van der Waals surface area contributed by atoms with E-state index in [1.54, 1.807) is 6.07 Å². The summed E-state index contributed by atoms with van der Waals surface area (Å²) in [5, 5.41) is 1.90. The molecule has 0 bridgehead atoms. The van der Waals surface area contributed by atoms with Crippen molar-refractivity contribution in [3.8, 4) is 11.6 Å². The Morgan fingerprint density at radius 1 is 1.00 bits per heavy atom. The molecule has 45 heavy (non-hydrogen) atoms. The Morgan fingerprint density at radius 3 is 2.20 bits per heavy atom. The van der Waals surface area contributed by atoms with Crippen LogP contribution >= 0.6 is 41.5 Å². The van der Waals surface area contributed by atoms with Crippen LogP contribution in [0.4, 0.5) is 0 Å². The van der Waals surface area contributed by atoms with E-state index in [0.29, 0.717) is 17.7 Å². The molecule has 9 nitrogen and oxygen atoms in total. The molecular formula is C31H37Cl3N3O6PS. The van der Waals surface area contributed by atoms with Gasteiger partial charge in [-0.1, -0.05) is 52.0 Å². The second-order valence-corrected chi connectivity index (χ2v) is 15.6. The van der Waals surface area contributed by atoms with Crippen LogP contribution in [-0.2, 0) is 27.3 Å². The highest BCUT2D eigenvalue weighted by atomic mass is 35.5. The van der Waals surface area contributed by atoms with Crippen molar-refractivity contribution in [1.29, 1.82) is 0 Å². The molecule has 2 aromatic carbocycles. The lowest BCUT2D eigenvalue weighted by Crippen LogP contribution is -2.56. The number of pyridine rings is 1. The van der Waals surface area contributed by atoms with E-state index in [9.17, 15) is 9.59 Å². The topological polar surface area (TPSA) is 99.2 Å². The molecule has 0 spiro atoms. The third-order valence-corrected chi connectivity index (χ3v) is 10.0. The smallest absolute Gasteiger partial charge is 0.381 e. The maximum atomic E-state index is 13.3. The minimum atomic E-state index is -2.88. The molecular weight excluding hydrogens is 680 g/mol. The summed E-state index contributed by atoms with van der Waals surface area (Å²) in [5.74, 6) is 0.368. The van der Waals surface area contributed by atoms with Crippen LogP contribution in [0.2, 0.25) is 15.2 Å². The zero-order chi connectivity index (χ0) is 33.7. The summed E-state index contributed by atoms with van der Waals surface area (Å²) < 4.78 is 20.8. The van der Waals surface area contributed by atoms with Gasteiger partial charge in [0.25, 0.3) is 11.8 Å². The van der Waals surface area contributed by atoms with Gasteiger partial charge in [0.15, 0.2) is 5.15 Å². The van der Waals surface area contributed by atoms with Crippen LogP contribution < -0.4 is 14.7 Å². The summed E-state index contributed by atoms with van der Waals surface area (Å²) in [5.41, 5.74) is 7.42. The first-order chi connectivity index (χ1) is 21.0. The van der Waals surface area contributed by atoms with E-state index in [0.717, 1.165) is 40.8 Å². The molecule has 1 aliphatic heterocycles. The van der Waals surface area contributed by atoms with E-state index in [4.69, 9.17) is 64.9 Å². The predicted octanol–water partition coefficient (Wildman–Crippen LogP) is 8.46. The number of aryl methyl sites for hydroxylation is 2. The fourth-order valence-corrected chi connectivity index (χ4v) is 5.96. The number of fused-ring (bicyclic) bond motifs is 1. The van der Waals surface area contributed by atoms with E-state index >= 15 is 0 Å². The van der Waals surface area contributed by atoms with Crippen LogP contribution in [0.25, 0.3) is 0 Å². The molecule has 2 amide bonds. The quantitative estimate of drug-likeness (QED) is 0.154. The summed E-state index contributed by atoms with van der Waals surface area (Å²) in [4.78, 5) is 30.2. The van der Waals surface area contributed by atoms with Gasteiger partial charge in [0.05, 0.1) is 17.2 Å². The van der Waals surface area contributed by atoms with Crippen molar-refractivity contribution in [2.24, 2.45) is 0 Å². The lowest BCUT2D eigenvalue weighted by molar-refractivity contribution is 0.0358. The Hall–Kier alpha value is -2.43. The summed E-state index contributed by atoms with van der Waals surface area (Å²) in [6.45, 7) is 9.40. The number of halogens is 3. The number of carbonyl (C=O) groups is 2. The number of carbonyl (C=O) groups excluding carboxylic acids is 2. The summed E-state index contributed by atoms with van der Waals surface area (Å²) in [6, 6.07) is 10.7. The summed E-state index contributed by atoms with van der Waals surface area (Å²) in [7, 11) is 2.74. The molecule has 0 radical (unpaired) electrons. The van der Waals surface area contributed by atoms with Gasteiger partial charge in [0, 0.05) is 37.2 Å². The molecule has 0 saturated heterocycles. The number of amides is 2. The van der Waals surface area contributed by atoms with Gasteiger partial charge in [-0.2, -0.15) is 4.98 Å². The Kier molecular flexibility index (Phi) is 12.7. The van der Waals surface area contributed by atoms with E-state index in [1.165, 1.54) is 25.3 Å². The number of nitrogens with zero attached hydrogens (tertiary/aromatic N) is 2. The maximum absolute atomic E-state index is 13.3. The molecule has 14 heteroatoms. The lowest BCUT2D eigenvalue weighted by Gasteiger charge is -2.36. The minimum absolute atomic E-state index is 0.0306. The largest absolute Gasteiger partial charge is 0.493 e. The first kappa shape index (κ1) is 37.0. The highest BCUT2D eigenvalue weighted by molar-refractivity contribution is 8.07. The number of nitrogens with one attached hydrogen (secondary N) is 1. The van der Waals surface area contributed by atoms with Crippen molar-refractivity contribution < 1.29 is 27.9 Å². The number of aromatic nitrogens is 1. The molecule has 0 atom stereocenters. The van der Waals surface area contributed by atoms with Crippen molar-refractivity contribution >= 4 is 65.1 Å². The number of ether oxygens (including phenoxy) is 1. The van der Waals surface area contributed by atoms with Crippen LogP contribution in [0, 0.1) is 20.8 Å². The van der Waals surface area contributed by atoms with E-state index in [1.807, 2.05) is 65.8 Å². The van der Waals surface area contributed by atoms with Crippen molar-refractivity contribution in [1.82, 2.24) is 15.4 Å². The first-order valence-electron chi connectivity index (χ1n) is 13.9. The normalized spacial score (nSPS) is 12.7. The molecule has 1 aromatic heterocycles. The van der Waals surface area contributed by atoms with Gasteiger partial charge in [0.1, 0.15) is 10.8 Å². The fourth-order valence-electron chi connectivity index (χ4n) is 4.51. The summed E-state index contributed by atoms with van der Waals surface area (Å²) in [6.07, 6.45) is 1.84. The van der Waals surface area contributed by atoms with Crippen molar-refractivity contribution in [3.05, 3.63) is 85.0 Å². The Bertz CT molecular complexity index is 1600. The van der Waals surface area contributed by atoms with Crippen molar-refractivity contribution in [2.45, 2.75) is 59.9 Å². The zero-order valence-corrected chi connectivity index (χ0v) is 30.4. The molecule has 0 unspecified atom stereocenters. The molecule has 3 aromatic rings. The molecule has 0 saturated carbocycles. The van der Waals surface area contributed by atoms with Gasteiger partial charge in [-0.3, -0.25) is 15.0 Å².